The van der Waals surface area contributed by atoms with Crippen LogP contribution in [0.3, 0.4) is 0 Å². The Hall–Kier alpha value is -4.28. The molecule has 0 radical (unpaired) electrons. The van der Waals surface area contributed by atoms with Crippen molar-refractivity contribution in [3.63, 3.8) is 0 Å². The quantitative estimate of drug-likeness (QED) is 0.378. The molecular formula is C26H31N9O2. The van der Waals surface area contributed by atoms with Gasteiger partial charge in [0.15, 0.2) is 0 Å². The van der Waals surface area contributed by atoms with Crippen molar-refractivity contribution in [2.24, 2.45) is 9.98 Å². The molecule has 1 aliphatic heterocycles. The molecule has 2 aliphatic rings. The lowest BCUT2D eigenvalue weighted by Crippen LogP contribution is -2.38. The monoisotopic (exact) mass is 501 g/mol. The highest BCUT2D eigenvalue weighted by molar-refractivity contribution is 5.86. The number of fused-ring (bicyclic) bond motifs is 2. The molecule has 0 spiro atoms. The number of carbonyl (C=O) groups is 1. The van der Waals surface area contributed by atoms with Gasteiger partial charge in [0.25, 0.3) is 0 Å². The van der Waals surface area contributed by atoms with Gasteiger partial charge in [-0.2, -0.15) is 0 Å². The fraction of sp³-hybridized carbons (Fsp3) is 0.385. The van der Waals surface area contributed by atoms with Crippen molar-refractivity contribution in [3.05, 3.63) is 64.7 Å². The molecule has 192 valence electrons. The van der Waals surface area contributed by atoms with Crippen molar-refractivity contribution in [1.82, 2.24) is 35.4 Å². The van der Waals surface area contributed by atoms with Crippen LogP contribution in [0.25, 0.3) is 5.57 Å². The second kappa shape index (κ2) is 10.8. The molecule has 2 N–H and O–H groups in total. The van der Waals surface area contributed by atoms with E-state index in [0.717, 1.165) is 35.4 Å². The van der Waals surface area contributed by atoms with Crippen molar-refractivity contribution < 1.29 is 9.53 Å². The summed E-state index contributed by atoms with van der Waals surface area (Å²) >= 11 is 0. The molecule has 0 saturated heterocycles. The Morgan fingerprint density at radius 2 is 2.11 bits per heavy atom. The van der Waals surface area contributed by atoms with Gasteiger partial charge in [-0.15, -0.1) is 10.2 Å². The third-order valence-electron chi connectivity index (χ3n) is 6.67. The molecule has 3 aromatic rings. The number of aromatic amines is 1. The summed E-state index contributed by atoms with van der Waals surface area (Å²) in [6.45, 7) is 9.13. The van der Waals surface area contributed by atoms with Gasteiger partial charge in [0, 0.05) is 31.4 Å². The number of ether oxygens (including phenoxy) is 1. The van der Waals surface area contributed by atoms with Gasteiger partial charge >= 0.3 is 0 Å². The molecule has 1 aromatic carbocycles. The molecule has 3 heterocycles. The fourth-order valence-corrected chi connectivity index (χ4v) is 4.75. The van der Waals surface area contributed by atoms with E-state index in [4.69, 9.17) is 4.74 Å². The summed E-state index contributed by atoms with van der Waals surface area (Å²) in [5.74, 6) is 0.893. The number of amides is 1. The predicted molar refractivity (Wildman–Crippen MR) is 140 cm³/mol. The van der Waals surface area contributed by atoms with Crippen LogP contribution in [0.5, 0.6) is 5.88 Å². The van der Waals surface area contributed by atoms with E-state index < -0.39 is 0 Å². The standard InChI is InChI=1S/C26H31N9O2/c1-4-37-25-21(14-35(32-25)16-24(36)34-10-9-22-23(15-34)31-33-30-22)17(2)13-28-26(27-3)29-20-11-18-7-5-6-8-19(18)12-20/h5-8,13-14,20H,3-4,9-12,15-16H2,1-2H3,(H,28,29)(H,30,31,33)/b17-13+. The molecule has 2 aromatic heterocycles. The van der Waals surface area contributed by atoms with Crippen LogP contribution < -0.4 is 10.1 Å². The van der Waals surface area contributed by atoms with Gasteiger partial charge in [-0.1, -0.05) is 29.5 Å². The van der Waals surface area contributed by atoms with Crippen LogP contribution in [-0.4, -0.2) is 67.9 Å². The SMILES string of the molecule is C=N/C(=N\C=C(/C)c1cn(CC(=O)N2CCc3[nH]nnc3C2)nc1OCC)NC1Cc2ccccc2C1. The summed E-state index contributed by atoms with van der Waals surface area (Å²) in [6.07, 6.45) is 6.11. The average Bonchev–Trinajstić information content (AvgIpc) is 3.64. The van der Waals surface area contributed by atoms with Crippen LogP contribution in [0.1, 0.15) is 41.9 Å². The van der Waals surface area contributed by atoms with E-state index in [9.17, 15) is 4.79 Å². The lowest BCUT2D eigenvalue weighted by Gasteiger charge is -2.25. The number of aromatic nitrogens is 5. The number of hydrogen-bond donors (Lipinski definition) is 2. The Morgan fingerprint density at radius 1 is 1.32 bits per heavy atom. The number of nitrogens with zero attached hydrogens (tertiary/aromatic N) is 7. The maximum atomic E-state index is 12.9. The normalized spacial score (nSPS) is 15.9. The minimum absolute atomic E-state index is 0.0368. The first-order valence-electron chi connectivity index (χ1n) is 12.5. The molecule has 0 saturated carbocycles. The van der Waals surface area contributed by atoms with E-state index in [0.29, 0.717) is 38.0 Å². The molecule has 1 amide bonds. The summed E-state index contributed by atoms with van der Waals surface area (Å²) < 4.78 is 7.37. The number of carbonyl (C=O) groups excluding carboxylic acids is 1. The van der Waals surface area contributed by atoms with E-state index in [1.807, 2.05) is 20.0 Å². The van der Waals surface area contributed by atoms with E-state index >= 15 is 0 Å². The molecule has 0 bridgehead atoms. The largest absolute Gasteiger partial charge is 0.476 e. The Labute approximate surface area is 215 Å². The van der Waals surface area contributed by atoms with Crippen LogP contribution in [0.4, 0.5) is 0 Å². The fourth-order valence-electron chi connectivity index (χ4n) is 4.75. The Kier molecular flexibility index (Phi) is 7.11. The third-order valence-corrected chi connectivity index (χ3v) is 6.67. The first-order chi connectivity index (χ1) is 18.0. The minimum atomic E-state index is -0.0368. The molecule has 1 aliphatic carbocycles. The smallest absolute Gasteiger partial charge is 0.244 e. The van der Waals surface area contributed by atoms with Gasteiger partial charge in [0.2, 0.25) is 17.7 Å². The maximum Gasteiger partial charge on any atom is 0.244 e. The van der Waals surface area contributed by atoms with Crippen LogP contribution in [0, 0.1) is 0 Å². The summed E-state index contributed by atoms with van der Waals surface area (Å²) in [4.78, 5) is 23.3. The second-order valence-corrected chi connectivity index (χ2v) is 9.22. The van der Waals surface area contributed by atoms with Crippen molar-refractivity contribution in [2.75, 3.05) is 13.2 Å². The van der Waals surface area contributed by atoms with Crippen molar-refractivity contribution in [2.45, 2.75) is 52.2 Å². The molecule has 0 unspecified atom stereocenters. The second-order valence-electron chi connectivity index (χ2n) is 9.22. The summed E-state index contributed by atoms with van der Waals surface area (Å²) in [5.41, 5.74) is 6.12. The molecule has 0 atom stereocenters. The van der Waals surface area contributed by atoms with Crippen molar-refractivity contribution in [1.29, 1.82) is 0 Å². The Bertz CT molecular complexity index is 1330. The first kappa shape index (κ1) is 24.4. The van der Waals surface area contributed by atoms with E-state index in [1.165, 1.54) is 11.1 Å². The van der Waals surface area contributed by atoms with Gasteiger partial charge < -0.3 is 15.0 Å². The summed E-state index contributed by atoms with van der Waals surface area (Å²) in [5, 5.41) is 18.7. The van der Waals surface area contributed by atoms with Gasteiger partial charge in [0.05, 0.1) is 24.4 Å². The Morgan fingerprint density at radius 3 is 2.84 bits per heavy atom. The highest BCUT2D eigenvalue weighted by Gasteiger charge is 2.24. The summed E-state index contributed by atoms with van der Waals surface area (Å²) in [6, 6.07) is 8.68. The molecule has 11 heteroatoms. The third kappa shape index (κ3) is 5.45. The number of aliphatic imine (C=N–C) groups is 2. The molecule has 11 nitrogen and oxygen atoms in total. The highest BCUT2D eigenvalue weighted by atomic mass is 16.5. The van der Waals surface area contributed by atoms with Crippen molar-refractivity contribution >= 4 is 24.2 Å². The van der Waals surface area contributed by atoms with Crippen LogP contribution in [0.15, 0.2) is 46.6 Å². The number of allylic oxidation sites excluding steroid dienone is 1. The molecule has 5 rings (SSSR count). The zero-order valence-electron chi connectivity index (χ0n) is 21.1. The number of guanidine groups is 1. The number of hydrogen-bond acceptors (Lipinski definition) is 6. The van der Waals surface area contributed by atoms with E-state index in [2.05, 4.69) is 66.8 Å². The lowest BCUT2D eigenvalue weighted by molar-refractivity contribution is -0.133. The molecular weight excluding hydrogens is 470 g/mol. The number of H-pyrrole nitrogens is 1. The zero-order chi connectivity index (χ0) is 25.8. The van der Waals surface area contributed by atoms with Crippen molar-refractivity contribution in [3.8, 4) is 5.88 Å². The minimum Gasteiger partial charge on any atom is -0.476 e. The molecule has 0 fully saturated rings. The van der Waals surface area contributed by atoms with E-state index in [-0.39, 0.29) is 18.5 Å². The predicted octanol–water partition coefficient (Wildman–Crippen LogP) is 2.16. The lowest BCUT2D eigenvalue weighted by atomic mass is 10.1. The van der Waals surface area contributed by atoms with E-state index in [1.54, 1.807) is 15.8 Å². The van der Waals surface area contributed by atoms with Gasteiger partial charge in [-0.25, -0.2) is 9.98 Å². The average molecular weight is 502 g/mol. The molecule has 37 heavy (non-hydrogen) atoms. The number of benzene rings is 1. The highest BCUT2D eigenvalue weighted by Crippen LogP contribution is 2.25. The van der Waals surface area contributed by atoms with Gasteiger partial charge in [-0.3, -0.25) is 14.6 Å². The maximum absolute atomic E-state index is 12.9. The first-order valence-corrected chi connectivity index (χ1v) is 12.5. The van der Waals surface area contributed by atoms with Gasteiger partial charge in [-0.05, 0) is 50.1 Å². The van der Waals surface area contributed by atoms with Crippen LogP contribution in [-0.2, 0) is 37.1 Å². The van der Waals surface area contributed by atoms with Crippen LogP contribution in [0.2, 0.25) is 0 Å². The van der Waals surface area contributed by atoms with Gasteiger partial charge in [0.1, 0.15) is 12.2 Å². The number of rotatable bonds is 7. The zero-order valence-corrected chi connectivity index (χ0v) is 21.1. The topological polar surface area (TPSA) is 126 Å². The summed E-state index contributed by atoms with van der Waals surface area (Å²) in [7, 11) is 0. The number of nitrogens with one attached hydrogen (secondary N) is 2. The van der Waals surface area contributed by atoms with Crippen LogP contribution >= 0.6 is 0 Å². The Balaban J connectivity index is 1.27.